The largest absolute Gasteiger partial charge is 0.494 e. The van der Waals surface area contributed by atoms with Gasteiger partial charge in [0.05, 0.1) is 6.61 Å². The molecule has 1 rings (SSSR count). The number of hydrogen-bond acceptors (Lipinski definition) is 3. The Hall–Kier alpha value is 0.0800. The summed E-state index contributed by atoms with van der Waals surface area (Å²) in [5, 5.41) is 0. The van der Waals surface area contributed by atoms with Crippen molar-refractivity contribution in [3.63, 3.8) is 0 Å². The minimum Gasteiger partial charge on any atom is -0.494 e. The van der Waals surface area contributed by atoms with E-state index < -0.39 is 13.4 Å². The highest BCUT2D eigenvalue weighted by molar-refractivity contribution is 8.06. The van der Waals surface area contributed by atoms with Crippen LogP contribution in [0.15, 0.2) is 24.3 Å². The molecule has 0 aliphatic heterocycles. The Labute approximate surface area is 178 Å². The predicted octanol–water partition coefficient (Wildman–Crippen LogP) is 3.75. The van der Waals surface area contributed by atoms with Crippen LogP contribution in [0.5, 0.6) is 5.75 Å². The number of ether oxygens (including phenoxy) is 1. The number of rotatable bonds is 10. The van der Waals surface area contributed by atoms with Gasteiger partial charge in [-0.05, 0) is 55.0 Å². The van der Waals surface area contributed by atoms with Crippen molar-refractivity contribution in [2.75, 3.05) is 6.61 Å². The molecule has 0 radical (unpaired) electrons. The number of hydrogen-bond donors (Lipinski definition) is 6. The minimum absolute atomic E-state index is 0.758. The zero-order valence-corrected chi connectivity index (χ0v) is 19.9. The van der Waals surface area contributed by atoms with Crippen LogP contribution >= 0.6 is 13.4 Å². The molecule has 0 aliphatic carbocycles. The maximum Gasteiger partial charge on any atom is 0.319 e. The van der Waals surface area contributed by atoms with Gasteiger partial charge in [-0.15, -0.1) is 0 Å². The summed E-state index contributed by atoms with van der Waals surface area (Å²) < 4.78 is 5.65. The third-order valence-corrected chi connectivity index (χ3v) is 3.32. The van der Waals surface area contributed by atoms with Crippen LogP contribution in [0, 0.1) is 0 Å². The van der Waals surface area contributed by atoms with Crippen LogP contribution in [0.25, 0.3) is 0 Å². The summed E-state index contributed by atoms with van der Waals surface area (Å²) in [6, 6.07) is 8.44. The summed E-state index contributed by atoms with van der Waals surface area (Å²) in [5.41, 5.74) is 1.37. The van der Waals surface area contributed by atoms with Gasteiger partial charge in [0.25, 0.3) is 0 Å². The fourth-order valence-electron chi connectivity index (χ4n) is 2.28. The van der Waals surface area contributed by atoms with Gasteiger partial charge in [-0.2, -0.15) is 0 Å². The second-order valence-electron chi connectivity index (χ2n) is 5.94. The molecule has 0 atom stereocenters. The quantitative estimate of drug-likeness (QED) is 0.221. The Bertz CT molecular complexity index is 554. The van der Waals surface area contributed by atoms with Gasteiger partial charge in [-0.3, -0.25) is 0 Å². The second-order valence-corrected chi connectivity index (χ2v) is 10.9. The number of benzene rings is 1. The zero-order valence-electron chi connectivity index (χ0n) is 16.5. The van der Waals surface area contributed by atoms with E-state index in [4.69, 9.17) is 34.1 Å². The summed E-state index contributed by atoms with van der Waals surface area (Å²) >= 11 is 7.21. The summed E-state index contributed by atoms with van der Waals surface area (Å²) in [6.45, 7) is -2.54. The first-order valence-corrected chi connectivity index (χ1v) is 14.5. The molecule has 0 aliphatic rings. The van der Waals surface area contributed by atoms with Crippen LogP contribution in [0.4, 0.5) is 0 Å². The van der Waals surface area contributed by atoms with Gasteiger partial charge >= 0.3 is 13.4 Å². The molecule has 0 saturated heterocycles. The van der Waals surface area contributed by atoms with E-state index in [9.17, 15) is 0 Å². The third-order valence-electron chi connectivity index (χ3n) is 3.32. The molecule has 11 heteroatoms. The molecule has 0 saturated carbocycles. The average molecular weight is 477 g/mol. The molecule has 6 N–H and O–H groups in total. The molecule has 0 heterocycles. The average Bonchev–Trinajstić information content (AvgIpc) is 2.53. The van der Waals surface area contributed by atoms with Crippen LogP contribution in [0.2, 0.25) is 0 Å². The SMILES string of the molecule is CCCCCCCCCc1ccccc1OCC.OP(O)(O)=S.OP(O)(O)=S. The summed E-state index contributed by atoms with van der Waals surface area (Å²) in [7, 11) is 0. The number of aryl methyl sites for hydroxylation is 1. The van der Waals surface area contributed by atoms with Crippen LogP contribution in [-0.2, 0) is 30.0 Å². The van der Waals surface area contributed by atoms with E-state index >= 15 is 0 Å². The van der Waals surface area contributed by atoms with E-state index in [2.05, 4.69) is 54.8 Å². The van der Waals surface area contributed by atoms with Gasteiger partial charge in [0.2, 0.25) is 0 Å². The Kier molecular flexibility index (Phi) is 19.4. The lowest BCUT2D eigenvalue weighted by molar-refractivity contribution is 0.336. The molecule has 1 aromatic carbocycles. The van der Waals surface area contributed by atoms with Crippen LogP contribution in [-0.4, -0.2) is 36.0 Å². The van der Waals surface area contributed by atoms with Gasteiger partial charge in [-0.1, -0.05) is 63.6 Å². The highest BCUT2D eigenvalue weighted by Gasteiger charge is 2.01. The molecule has 166 valence electrons. The normalized spacial score (nSPS) is 11.0. The maximum absolute atomic E-state index is 7.56. The Morgan fingerprint density at radius 2 is 1.18 bits per heavy atom. The van der Waals surface area contributed by atoms with Gasteiger partial charge in [0.15, 0.2) is 0 Å². The topological polar surface area (TPSA) is 131 Å². The lowest BCUT2D eigenvalue weighted by Gasteiger charge is -2.09. The van der Waals surface area contributed by atoms with Gasteiger partial charge in [0, 0.05) is 0 Å². The van der Waals surface area contributed by atoms with E-state index in [1.165, 1.54) is 50.5 Å². The molecule has 0 fully saturated rings. The summed E-state index contributed by atoms with van der Waals surface area (Å²) in [5.74, 6) is 1.07. The van der Waals surface area contributed by atoms with Crippen molar-refractivity contribution in [2.45, 2.75) is 65.2 Å². The molecular formula is C17H34O7P2S2. The van der Waals surface area contributed by atoms with E-state index in [0.717, 1.165) is 18.8 Å². The third kappa shape index (κ3) is 30.8. The van der Waals surface area contributed by atoms with Gasteiger partial charge in [0.1, 0.15) is 5.75 Å². The van der Waals surface area contributed by atoms with Crippen molar-refractivity contribution in [1.82, 2.24) is 0 Å². The van der Waals surface area contributed by atoms with Gasteiger partial charge < -0.3 is 34.1 Å². The predicted molar refractivity (Wildman–Crippen MR) is 121 cm³/mol. The van der Waals surface area contributed by atoms with E-state index in [1.807, 2.05) is 6.92 Å². The van der Waals surface area contributed by atoms with Crippen molar-refractivity contribution < 1.29 is 34.1 Å². The number of para-hydroxylation sites is 1. The van der Waals surface area contributed by atoms with Crippen molar-refractivity contribution in [3.05, 3.63) is 29.8 Å². The molecule has 0 bridgehead atoms. The summed E-state index contributed by atoms with van der Waals surface area (Å²) in [4.78, 5) is 45.3. The second kappa shape index (κ2) is 17.9. The van der Waals surface area contributed by atoms with E-state index in [-0.39, 0.29) is 0 Å². The van der Waals surface area contributed by atoms with Crippen LogP contribution in [0.1, 0.15) is 64.4 Å². The first-order valence-electron chi connectivity index (χ1n) is 9.15. The molecule has 28 heavy (non-hydrogen) atoms. The van der Waals surface area contributed by atoms with Crippen LogP contribution < -0.4 is 4.74 Å². The fraction of sp³-hybridized carbons (Fsp3) is 0.647. The molecule has 1 aromatic rings. The monoisotopic (exact) mass is 476 g/mol. The lowest BCUT2D eigenvalue weighted by atomic mass is 10.0. The molecule has 0 unspecified atom stereocenters. The van der Waals surface area contributed by atoms with Crippen LogP contribution in [0.3, 0.4) is 0 Å². The molecule has 7 nitrogen and oxygen atoms in total. The minimum atomic E-state index is -3.81. The Balaban J connectivity index is 0. The van der Waals surface area contributed by atoms with Gasteiger partial charge in [-0.25, -0.2) is 0 Å². The smallest absolute Gasteiger partial charge is 0.319 e. The lowest BCUT2D eigenvalue weighted by Crippen LogP contribution is -1.96. The standard InChI is InChI=1S/C17H28O.2H3O3PS/c1-3-5-6-7-8-9-10-13-16-14-11-12-15-17(16)18-4-2;2*1-4(2,3)5/h11-12,14-15H,3-10,13H2,1-2H3;2*(H3,1,2,3,5). The molecule has 0 amide bonds. The fourth-order valence-corrected chi connectivity index (χ4v) is 2.28. The number of unbranched alkanes of at least 4 members (excludes halogenated alkanes) is 6. The maximum atomic E-state index is 7.56. The van der Waals surface area contributed by atoms with Crippen molar-refractivity contribution in [1.29, 1.82) is 0 Å². The van der Waals surface area contributed by atoms with Crippen molar-refractivity contribution in [2.24, 2.45) is 0 Å². The highest BCUT2D eigenvalue weighted by atomic mass is 32.5. The van der Waals surface area contributed by atoms with Crippen molar-refractivity contribution >= 4 is 37.1 Å². The molecule has 0 aromatic heterocycles. The first-order chi connectivity index (χ1) is 12.9. The van der Waals surface area contributed by atoms with Crippen molar-refractivity contribution in [3.8, 4) is 5.75 Å². The summed E-state index contributed by atoms with van der Waals surface area (Å²) in [6.07, 6.45) is 10.7. The van der Waals surface area contributed by atoms with E-state index in [0.29, 0.717) is 0 Å². The molecular weight excluding hydrogens is 442 g/mol. The van der Waals surface area contributed by atoms with E-state index in [1.54, 1.807) is 0 Å². The highest BCUT2D eigenvalue weighted by Crippen LogP contribution is 2.27. The Morgan fingerprint density at radius 1 is 0.750 bits per heavy atom. The molecule has 0 spiro atoms. The first kappa shape index (κ1) is 30.3. The Morgan fingerprint density at radius 3 is 1.64 bits per heavy atom. The zero-order chi connectivity index (χ0) is 22.1.